The first kappa shape index (κ1) is 31.3. The fourth-order valence-electron chi connectivity index (χ4n) is 6.64. The van der Waals surface area contributed by atoms with Crippen LogP contribution in [0.25, 0.3) is 39.3 Å². The quantitative estimate of drug-likeness (QED) is 0.264. The Balaban J connectivity index is 0.00000180. The molecule has 8 bridgehead atoms. The minimum absolute atomic E-state index is 0.0167. The molecule has 0 saturated heterocycles. The van der Waals surface area contributed by atoms with Gasteiger partial charge in [-0.25, -0.2) is 4.98 Å². The number of aromatic nitrogens is 4. The number of methoxy groups -OCH3 is 1. The van der Waals surface area contributed by atoms with Crippen molar-refractivity contribution >= 4 is 82.8 Å². The third kappa shape index (κ3) is 5.31. The molecule has 2 radical (unpaired) electrons. The number of allylic oxidation sites excluding steroid dienone is 2. The molecule has 9 heteroatoms. The topological polar surface area (TPSA) is 97.4 Å². The first-order valence-corrected chi connectivity index (χ1v) is 18.6. The van der Waals surface area contributed by atoms with Gasteiger partial charge in [-0.1, -0.05) is 55.8 Å². The van der Waals surface area contributed by atoms with E-state index in [1.165, 1.54) is 7.11 Å². The summed E-state index contributed by atoms with van der Waals surface area (Å²) < 4.78 is 4.95. The molecule has 5 heterocycles. The predicted molar refractivity (Wildman–Crippen MR) is 173 cm³/mol. The molecule has 0 amide bonds. The molecule has 3 aliphatic rings. The molecule has 1 aliphatic carbocycles. The Kier molecular flexibility index (Phi) is 9.10. The maximum absolute atomic E-state index is 13.4. The molecule has 6 rings (SSSR count). The summed E-state index contributed by atoms with van der Waals surface area (Å²) in [6.45, 7) is 14.4. The summed E-state index contributed by atoms with van der Waals surface area (Å²) in [4.78, 5) is 45.8. The number of ketones is 1. The van der Waals surface area contributed by atoms with Crippen LogP contribution in [0.3, 0.4) is 0 Å². The van der Waals surface area contributed by atoms with E-state index in [9.17, 15) is 9.59 Å². The van der Waals surface area contributed by atoms with E-state index in [2.05, 4.69) is 34.3 Å². The summed E-state index contributed by atoms with van der Waals surface area (Å²) in [6.07, 6.45) is 3.78. The molecule has 7 nitrogen and oxygen atoms in total. The van der Waals surface area contributed by atoms with Crippen molar-refractivity contribution in [1.82, 2.24) is 19.9 Å². The number of ether oxygens (including phenoxy) is 1. The van der Waals surface area contributed by atoms with Gasteiger partial charge in [0.15, 0.2) is 5.78 Å². The Bertz CT molecular complexity index is 1870. The SMILES string of the molecule is C=Cc1c(C)c2cc3nc(c4c5[n-]c(cc6nc(cc1[n-]2)C(C)=C6CC)c(C)c5C(=O)C4)C(CCC(=O)OC)C3C.[Cl][In]. The second-order valence-electron chi connectivity index (χ2n) is 11.3. The van der Waals surface area contributed by atoms with E-state index in [1.807, 2.05) is 31.2 Å². The molecule has 2 unspecified atom stereocenters. The summed E-state index contributed by atoms with van der Waals surface area (Å²) >= 11 is 0.822. The van der Waals surface area contributed by atoms with Crippen molar-refractivity contribution in [3.05, 3.63) is 75.4 Å². The van der Waals surface area contributed by atoms with Crippen molar-refractivity contribution < 1.29 is 14.3 Å². The minimum atomic E-state index is -0.257. The van der Waals surface area contributed by atoms with Crippen LogP contribution >= 0.6 is 8.58 Å². The van der Waals surface area contributed by atoms with Crippen LogP contribution in [0.15, 0.2) is 24.8 Å². The van der Waals surface area contributed by atoms with Gasteiger partial charge in [-0.05, 0) is 55.9 Å². The Morgan fingerprint density at radius 3 is 2.47 bits per heavy atom. The van der Waals surface area contributed by atoms with Gasteiger partial charge in [-0.15, -0.1) is 22.1 Å². The van der Waals surface area contributed by atoms with Gasteiger partial charge < -0.3 is 14.7 Å². The third-order valence-electron chi connectivity index (χ3n) is 9.08. The number of hydrogen-bond donors (Lipinski definition) is 0. The summed E-state index contributed by atoms with van der Waals surface area (Å²) in [5, 5.41) is 0. The summed E-state index contributed by atoms with van der Waals surface area (Å²) in [7, 11) is 6.18. The van der Waals surface area contributed by atoms with Gasteiger partial charge in [0.1, 0.15) is 0 Å². The monoisotopic (exact) mass is 696 g/mol. The average Bonchev–Trinajstić information content (AvgIpc) is 3.75. The van der Waals surface area contributed by atoms with Crippen molar-refractivity contribution in [3.63, 3.8) is 0 Å². The van der Waals surface area contributed by atoms with E-state index in [0.29, 0.717) is 17.5 Å². The second kappa shape index (κ2) is 12.5. The van der Waals surface area contributed by atoms with Gasteiger partial charge in [0.05, 0.1) is 18.5 Å². The van der Waals surface area contributed by atoms with Crippen LogP contribution in [0.2, 0.25) is 0 Å². The van der Waals surface area contributed by atoms with Gasteiger partial charge in [0.2, 0.25) is 0 Å². The zero-order valence-electron chi connectivity index (χ0n) is 25.5. The summed E-state index contributed by atoms with van der Waals surface area (Å²) in [5.74, 6) is -0.233. The van der Waals surface area contributed by atoms with E-state index < -0.39 is 0 Å². The van der Waals surface area contributed by atoms with Crippen LogP contribution in [0.1, 0.15) is 107 Å². The molecule has 0 saturated carbocycles. The van der Waals surface area contributed by atoms with Crippen molar-refractivity contribution in [2.45, 2.75) is 72.1 Å². The normalized spacial score (nSPS) is 17.1. The molecular formula is C34H34ClInN4O3-2. The Labute approximate surface area is 270 Å². The molecule has 3 aromatic heterocycles. The van der Waals surface area contributed by atoms with Gasteiger partial charge in [0.25, 0.3) is 0 Å². The third-order valence-corrected chi connectivity index (χ3v) is 9.08. The molecule has 0 fully saturated rings. The first-order chi connectivity index (χ1) is 20.7. The number of hydrogen-bond acceptors (Lipinski definition) is 5. The Hall–Kier alpha value is -3.10. The number of aryl methyl sites for hydroxylation is 2. The van der Waals surface area contributed by atoms with Crippen LogP contribution in [0.5, 0.6) is 0 Å². The number of nitrogens with zero attached hydrogens (tertiary/aromatic N) is 4. The number of carbonyl (C=O) groups excluding carboxylic acids is 2. The van der Waals surface area contributed by atoms with Gasteiger partial charge in [0, 0.05) is 41.6 Å². The van der Waals surface area contributed by atoms with Crippen LogP contribution in [-0.4, -0.2) is 52.0 Å². The van der Waals surface area contributed by atoms with Gasteiger partial charge >= 0.3 is 37.7 Å². The van der Waals surface area contributed by atoms with E-state index in [0.717, 1.165) is 102 Å². The van der Waals surface area contributed by atoms with Crippen LogP contribution in [-0.2, 0) is 16.0 Å². The number of halogens is 1. The fourth-order valence-corrected chi connectivity index (χ4v) is 6.64. The Morgan fingerprint density at radius 1 is 1.09 bits per heavy atom. The van der Waals surface area contributed by atoms with Gasteiger partial charge in [-0.3, -0.25) is 14.6 Å². The second-order valence-corrected chi connectivity index (χ2v) is 11.3. The van der Waals surface area contributed by atoms with Crippen molar-refractivity contribution in [2.75, 3.05) is 7.11 Å². The van der Waals surface area contributed by atoms with E-state index in [-0.39, 0.29) is 36.4 Å². The molecule has 0 aromatic carbocycles. The van der Waals surface area contributed by atoms with Gasteiger partial charge in [-0.2, -0.15) is 0 Å². The molecule has 0 N–H and O–H groups in total. The molecule has 220 valence electrons. The number of carbonyl (C=O) groups is 2. The molecule has 0 spiro atoms. The fraction of sp³-hybridized carbons (Fsp3) is 0.353. The van der Waals surface area contributed by atoms with E-state index in [4.69, 9.17) is 33.3 Å². The van der Waals surface area contributed by atoms with Crippen LogP contribution < -0.4 is 9.97 Å². The molecule has 43 heavy (non-hydrogen) atoms. The molecule has 2 atom stereocenters. The summed E-state index contributed by atoms with van der Waals surface area (Å²) in [6, 6.07) is 6.09. The van der Waals surface area contributed by atoms with E-state index >= 15 is 0 Å². The molecule has 2 aliphatic heterocycles. The van der Waals surface area contributed by atoms with Crippen LogP contribution in [0, 0.1) is 13.8 Å². The maximum atomic E-state index is 13.4. The predicted octanol–water partition coefficient (Wildman–Crippen LogP) is 7.06. The van der Waals surface area contributed by atoms with E-state index in [1.54, 1.807) is 0 Å². The van der Waals surface area contributed by atoms with Crippen molar-refractivity contribution in [2.24, 2.45) is 0 Å². The number of fused-ring (bicyclic) bond motifs is 8. The van der Waals surface area contributed by atoms with Crippen molar-refractivity contribution in [1.29, 1.82) is 0 Å². The number of rotatable bonds is 5. The molecule has 3 aromatic rings. The standard InChI is InChI=1S/C34H35N4O3.ClH.In/c1-8-20-16(3)24-13-26-18(5)22(10-11-31(40)41-7)33(37-26)23-12-30(39)32-19(6)27(38-34(23)32)15-29-21(9-2)17(4)25(36-29)14-28(20)35-24;;/h8,13-15,18,22H,1,9-12H2,2-7H3,(H-,35,36,37,38,39);1H;/q-1;;+1/p-2. The zero-order valence-corrected chi connectivity index (χ0v) is 29.5. The van der Waals surface area contributed by atoms with Crippen molar-refractivity contribution in [3.8, 4) is 0 Å². The number of esters is 1. The molecular weight excluding hydrogens is 663 g/mol. The average molecular weight is 697 g/mol. The van der Waals surface area contributed by atoms with Crippen LogP contribution in [0.4, 0.5) is 0 Å². The first-order valence-electron chi connectivity index (χ1n) is 14.5. The Morgan fingerprint density at radius 2 is 1.79 bits per heavy atom. The zero-order chi connectivity index (χ0) is 31.2. The number of Topliss-reactive ketones (excluding diaryl/α,β-unsaturated/α-hetero) is 1. The summed E-state index contributed by atoms with van der Waals surface area (Å²) in [5.41, 5.74) is 13.3.